The summed E-state index contributed by atoms with van der Waals surface area (Å²) in [5, 5.41) is 4.00. The minimum Gasteiger partial charge on any atom is -0.455 e. The molecular weight excluding hydrogens is 534 g/mol. The van der Waals surface area contributed by atoms with Gasteiger partial charge in [0.1, 0.15) is 11.2 Å². The zero-order valence-corrected chi connectivity index (χ0v) is 23.1. The second kappa shape index (κ2) is 9.86. The van der Waals surface area contributed by atoms with E-state index in [2.05, 4.69) is 0 Å². The van der Waals surface area contributed by atoms with Gasteiger partial charge in [0, 0.05) is 21.8 Å². The average Bonchev–Trinajstić information content (AvgIpc) is 3.59. The molecule has 0 aliphatic heterocycles. The molecule has 0 aliphatic carbocycles. The molecule has 206 valence electrons. The molecule has 0 unspecified atom stereocenters. The summed E-state index contributed by atoms with van der Waals surface area (Å²) >= 11 is 0. The van der Waals surface area contributed by atoms with E-state index in [0.29, 0.717) is 27.5 Å². The van der Waals surface area contributed by atoms with Crippen LogP contribution in [-0.4, -0.2) is 0 Å². The molecule has 1 heterocycles. The fourth-order valence-electron chi connectivity index (χ4n) is 5.98. The summed E-state index contributed by atoms with van der Waals surface area (Å²) in [5.41, 5.74) is 1.09. The Kier molecular flexibility index (Phi) is 3.61. The largest absolute Gasteiger partial charge is 0.455 e. The van der Waals surface area contributed by atoms with Crippen LogP contribution in [0, 0.1) is 0 Å². The third kappa shape index (κ3) is 3.89. The van der Waals surface area contributed by atoms with E-state index in [1.807, 2.05) is 66.7 Å². The predicted octanol–water partition coefficient (Wildman–Crippen LogP) is 12.2. The van der Waals surface area contributed by atoms with Crippen molar-refractivity contribution >= 4 is 71.3 Å². The summed E-state index contributed by atoms with van der Waals surface area (Å²) in [4.78, 5) is 1.32. The van der Waals surface area contributed by atoms with Gasteiger partial charge in [-0.1, -0.05) is 121 Å². The number of rotatable bonds is 4. The zero-order valence-electron chi connectivity index (χ0n) is 34.1. The van der Waals surface area contributed by atoms with Crippen LogP contribution in [0.2, 0.25) is 0 Å². The van der Waals surface area contributed by atoms with Gasteiger partial charge in [-0.15, -0.1) is 0 Å². The Bertz CT molecular complexity index is 3130. The molecule has 9 aromatic rings. The zero-order chi connectivity index (χ0) is 38.6. The Morgan fingerprint density at radius 2 is 1.30 bits per heavy atom. The lowest BCUT2D eigenvalue weighted by molar-refractivity contribution is 0.672. The molecule has 0 amide bonds. The minimum atomic E-state index is -0.635. The number of furan rings is 1. The number of fused-ring (bicyclic) bond motifs is 7. The monoisotopic (exact) mass is 572 g/mol. The fourth-order valence-corrected chi connectivity index (χ4v) is 5.98. The minimum absolute atomic E-state index is 0.0305. The fraction of sp³-hybridized carbons (Fsp3) is 0. The van der Waals surface area contributed by atoms with E-state index in [9.17, 15) is 4.11 Å². The highest BCUT2D eigenvalue weighted by Crippen LogP contribution is 2.46. The average molecular weight is 573 g/mol. The standard InChI is InChI=1S/C42H27NO/c1-2-13-31-26-33(23-22-28(31)10-1)32-15-7-16-34(27-32)43(38-19-8-14-29-11-3-5-17-35(29)38)39-20-9-21-40-41(39)37-25-24-30-12-4-6-18-36(30)42(37)44-40/h1-27H/i3D,5D,7D,8D,11D,14D,15D,16D,17D,19D,27D. The Hall–Kier alpha value is -5.86. The Balaban J connectivity index is 1.49. The third-order valence-electron chi connectivity index (χ3n) is 8.00. The van der Waals surface area contributed by atoms with Gasteiger partial charge in [0.15, 0.2) is 0 Å². The number of anilines is 3. The lowest BCUT2D eigenvalue weighted by Crippen LogP contribution is -2.11. The van der Waals surface area contributed by atoms with Crippen LogP contribution in [0.5, 0.6) is 0 Å². The van der Waals surface area contributed by atoms with Crippen LogP contribution in [-0.2, 0) is 0 Å². The first-order valence-electron chi connectivity index (χ1n) is 19.6. The predicted molar refractivity (Wildman–Crippen MR) is 186 cm³/mol. The van der Waals surface area contributed by atoms with Crippen LogP contribution in [0.1, 0.15) is 15.1 Å². The molecule has 9 rings (SSSR count). The van der Waals surface area contributed by atoms with Gasteiger partial charge in [-0.2, -0.15) is 0 Å². The van der Waals surface area contributed by atoms with Crippen molar-refractivity contribution in [3.8, 4) is 11.1 Å². The second-order valence-electron chi connectivity index (χ2n) is 10.5. The van der Waals surface area contributed by atoms with Crippen molar-refractivity contribution in [2.75, 3.05) is 4.90 Å². The van der Waals surface area contributed by atoms with Crippen LogP contribution in [0.3, 0.4) is 0 Å². The van der Waals surface area contributed by atoms with Gasteiger partial charge >= 0.3 is 0 Å². The van der Waals surface area contributed by atoms with Gasteiger partial charge in [-0.3, -0.25) is 0 Å². The molecular formula is C42H27NO. The molecule has 0 saturated heterocycles. The molecule has 0 radical (unpaired) electrons. The van der Waals surface area contributed by atoms with E-state index >= 15 is 0 Å². The van der Waals surface area contributed by atoms with E-state index in [1.54, 1.807) is 30.3 Å². The SMILES string of the molecule is [2H]c1c([2H])c(-c2ccc3ccccc3c2)c([2H])c(N(c2c([2H])c([2H])c([2H])c3c([2H])c([2H])c([2H])c([2H])c23)c2cccc3oc4c5ccccc5ccc4c23)c1[2H]. The number of hydrogen-bond donors (Lipinski definition) is 0. The van der Waals surface area contributed by atoms with Crippen LogP contribution >= 0.6 is 0 Å². The van der Waals surface area contributed by atoms with Crippen molar-refractivity contribution in [1.29, 1.82) is 0 Å². The molecule has 0 bridgehead atoms. The van der Waals surface area contributed by atoms with Gasteiger partial charge in [0.05, 0.1) is 31.8 Å². The summed E-state index contributed by atoms with van der Waals surface area (Å²) in [6, 6.07) is 23.5. The highest BCUT2D eigenvalue weighted by Gasteiger charge is 2.22. The Morgan fingerprint density at radius 3 is 2.25 bits per heavy atom. The molecule has 2 heteroatoms. The van der Waals surface area contributed by atoms with Crippen LogP contribution in [0.25, 0.3) is 65.4 Å². The van der Waals surface area contributed by atoms with E-state index < -0.39 is 54.4 Å². The first-order chi connectivity index (χ1) is 26.4. The van der Waals surface area contributed by atoms with E-state index in [1.165, 1.54) is 4.90 Å². The molecule has 0 N–H and O–H groups in total. The lowest BCUT2D eigenvalue weighted by atomic mass is 9.99. The topological polar surface area (TPSA) is 16.4 Å². The van der Waals surface area contributed by atoms with Gasteiger partial charge < -0.3 is 9.32 Å². The molecule has 0 atom stereocenters. The lowest BCUT2D eigenvalue weighted by Gasteiger charge is -2.28. The van der Waals surface area contributed by atoms with Gasteiger partial charge in [0.25, 0.3) is 0 Å². The van der Waals surface area contributed by atoms with Crippen molar-refractivity contribution in [3.63, 3.8) is 0 Å². The summed E-state index contributed by atoms with van der Waals surface area (Å²) in [7, 11) is 0. The summed E-state index contributed by atoms with van der Waals surface area (Å²) in [5.74, 6) is 0. The maximum atomic E-state index is 9.80. The second-order valence-corrected chi connectivity index (χ2v) is 10.5. The molecule has 1 aromatic heterocycles. The maximum Gasteiger partial charge on any atom is 0.143 e. The maximum absolute atomic E-state index is 9.80. The highest BCUT2D eigenvalue weighted by molar-refractivity contribution is 6.20. The van der Waals surface area contributed by atoms with E-state index in [4.69, 9.17) is 15.4 Å². The molecule has 0 fully saturated rings. The van der Waals surface area contributed by atoms with Crippen LogP contribution < -0.4 is 4.90 Å². The molecule has 8 aromatic carbocycles. The number of hydrogen-bond acceptors (Lipinski definition) is 2. The highest BCUT2D eigenvalue weighted by atomic mass is 16.3. The quantitative estimate of drug-likeness (QED) is 0.209. The molecule has 0 saturated carbocycles. The summed E-state index contributed by atoms with van der Waals surface area (Å²) in [6.45, 7) is 0. The van der Waals surface area contributed by atoms with Gasteiger partial charge in [-0.05, 0) is 75.1 Å². The molecule has 0 aliphatic rings. The normalized spacial score (nSPS) is 15.1. The van der Waals surface area contributed by atoms with Crippen molar-refractivity contribution in [3.05, 3.63) is 164 Å². The van der Waals surface area contributed by atoms with Crippen molar-refractivity contribution in [1.82, 2.24) is 0 Å². The van der Waals surface area contributed by atoms with Crippen molar-refractivity contribution in [2.24, 2.45) is 0 Å². The van der Waals surface area contributed by atoms with E-state index in [0.717, 1.165) is 21.5 Å². The Labute approximate surface area is 270 Å². The smallest absolute Gasteiger partial charge is 0.143 e. The molecule has 44 heavy (non-hydrogen) atoms. The summed E-state index contributed by atoms with van der Waals surface area (Å²) < 4.78 is 106. The molecule has 2 nitrogen and oxygen atoms in total. The first kappa shape index (κ1) is 16.1. The number of benzene rings is 8. The van der Waals surface area contributed by atoms with Gasteiger partial charge in [0.2, 0.25) is 0 Å². The van der Waals surface area contributed by atoms with E-state index in [-0.39, 0.29) is 45.5 Å². The summed E-state index contributed by atoms with van der Waals surface area (Å²) in [6.07, 6.45) is 0. The van der Waals surface area contributed by atoms with Crippen LogP contribution in [0.15, 0.2) is 168 Å². The van der Waals surface area contributed by atoms with Crippen LogP contribution in [0.4, 0.5) is 17.1 Å². The first-order valence-corrected chi connectivity index (χ1v) is 14.1. The van der Waals surface area contributed by atoms with Crippen molar-refractivity contribution in [2.45, 2.75) is 0 Å². The number of nitrogens with zero attached hydrogens (tertiary/aromatic N) is 1. The van der Waals surface area contributed by atoms with Gasteiger partial charge in [-0.25, -0.2) is 0 Å². The third-order valence-corrected chi connectivity index (χ3v) is 8.00. The molecule has 0 spiro atoms. The van der Waals surface area contributed by atoms with Crippen molar-refractivity contribution < 1.29 is 19.5 Å². The Morgan fingerprint density at radius 1 is 0.500 bits per heavy atom.